The zero-order chi connectivity index (χ0) is 19.0. The van der Waals surface area contributed by atoms with Crippen LogP contribution < -0.4 is 0 Å². The van der Waals surface area contributed by atoms with Crippen LogP contribution in [-0.4, -0.2) is 23.9 Å². The van der Waals surface area contributed by atoms with E-state index in [0.29, 0.717) is 0 Å². The Morgan fingerprint density at radius 1 is 0.769 bits per heavy atom. The maximum absolute atomic E-state index is 12.5. The molecule has 1 aromatic carbocycles. The molecule has 3 heteroatoms. The van der Waals surface area contributed by atoms with Gasteiger partial charge in [0, 0.05) is 23.1 Å². The first-order valence-corrected chi connectivity index (χ1v) is 11.5. The molecular formula is C23H38BrNO. The van der Waals surface area contributed by atoms with Crippen molar-refractivity contribution in [2.24, 2.45) is 0 Å². The molecule has 1 rings (SSSR count). The van der Waals surface area contributed by atoms with Gasteiger partial charge in [-0.25, -0.2) is 0 Å². The zero-order valence-corrected chi connectivity index (χ0v) is 18.5. The molecule has 26 heavy (non-hydrogen) atoms. The second kappa shape index (κ2) is 15.2. The molecule has 0 aliphatic heterocycles. The number of halogens is 1. The van der Waals surface area contributed by atoms with Crippen LogP contribution in [0.2, 0.25) is 0 Å². The fraction of sp³-hybridized carbons (Fsp3) is 0.696. The van der Waals surface area contributed by atoms with Crippen LogP contribution in [0.1, 0.15) is 101 Å². The lowest BCUT2D eigenvalue weighted by molar-refractivity contribution is 0.0761. The van der Waals surface area contributed by atoms with Crippen molar-refractivity contribution < 1.29 is 4.79 Å². The first-order chi connectivity index (χ1) is 12.7. The second-order valence-electron chi connectivity index (χ2n) is 7.28. The zero-order valence-electron chi connectivity index (χ0n) is 16.9. The second-order valence-corrected chi connectivity index (χ2v) is 8.20. The van der Waals surface area contributed by atoms with E-state index >= 15 is 0 Å². The molecular weight excluding hydrogens is 386 g/mol. The Balaban J connectivity index is 2.05. The number of rotatable bonds is 15. The highest BCUT2D eigenvalue weighted by atomic mass is 79.9. The molecule has 0 saturated heterocycles. The highest BCUT2D eigenvalue weighted by Crippen LogP contribution is 2.14. The molecule has 0 fully saturated rings. The van der Waals surface area contributed by atoms with E-state index in [9.17, 15) is 4.79 Å². The minimum Gasteiger partial charge on any atom is -0.339 e. The number of hydrogen-bond acceptors (Lipinski definition) is 1. The quantitative estimate of drug-likeness (QED) is 0.265. The number of amides is 1. The maximum Gasteiger partial charge on any atom is 0.253 e. The third-order valence-electron chi connectivity index (χ3n) is 5.04. The SMILES string of the molecule is CCCCCCCCCCCCCCN(CC)C(=O)c1ccc(Br)cc1. The van der Waals surface area contributed by atoms with Gasteiger partial charge < -0.3 is 4.90 Å². The Morgan fingerprint density at radius 2 is 1.23 bits per heavy atom. The summed E-state index contributed by atoms with van der Waals surface area (Å²) in [5.41, 5.74) is 0.786. The van der Waals surface area contributed by atoms with Gasteiger partial charge in [-0.3, -0.25) is 4.79 Å². The summed E-state index contributed by atoms with van der Waals surface area (Å²) in [6.45, 7) is 6.00. The lowest BCUT2D eigenvalue weighted by Gasteiger charge is -2.21. The van der Waals surface area contributed by atoms with Gasteiger partial charge in [0.15, 0.2) is 0 Å². The van der Waals surface area contributed by atoms with E-state index < -0.39 is 0 Å². The summed E-state index contributed by atoms with van der Waals surface area (Å²) >= 11 is 3.42. The molecule has 0 atom stereocenters. The van der Waals surface area contributed by atoms with Crippen LogP contribution >= 0.6 is 15.9 Å². The van der Waals surface area contributed by atoms with Gasteiger partial charge in [-0.1, -0.05) is 93.5 Å². The van der Waals surface area contributed by atoms with Gasteiger partial charge in [0.2, 0.25) is 0 Å². The van der Waals surface area contributed by atoms with E-state index in [1.54, 1.807) is 0 Å². The van der Waals surface area contributed by atoms with E-state index in [-0.39, 0.29) is 5.91 Å². The molecule has 0 bridgehead atoms. The van der Waals surface area contributed by atoms with Crippen LogP contribution in [0.4, 0.5) is 0 Å². The van der Waals surface area contributed by atoms with E-state index in [4.69, 9.17) is 0 Å². The molecule has 0 aliphatic rings. The summed E-state index contributed by atoms with van der Waals surface area (Å²) in [4.78, 5) is 14.5. The van der Waals surface area contributed by atoms with Crippen LogP contribution in [0.5, 0.6) is 0 Å². The maximum atomic E-state index is 12.5. The van der Waals surface area contributed by atoms with Gasteiger partial charge in [0.05, 0.1) is 0 Å². The van der Waals surface area contributed by atoms with Crippen molar-refractivity contribution in [1.29, 1.82) is 0 Å². The average Bonchev–Trinajstić information content (AvgIpc) is 2.66. The van der Waals surface area contributed by atoms with Gasteiger partial charge in [0.25, 0.3) is 5.91 Å². The monoisotopic (exact) mass is 423 g/mol. The van der Waals surface area contributed by atoms with Gasteiger partial charge in [-0.05, 0) is 37.6 Å². The first-order valence-electron chi connectivity index (χ1n) is 10.7. The number of carbonyl (C=O) groups is 1. The summed E-state index contributed by atoms with van der Waals surface area (Å²) < 4.78 is 1.01. The molecule has 1 aromatic rings. The average molecular weight is 424 g/mol. The molecule has 0 heterocycles. The number of benzene rings is 1. The molecule has 2 nitrogen and oxygen atoms in total. The van der Waals surface area contributed by atoms with Crippen molar-refractivity contribution in [2.45, 2.75) is 90.9 Å². The van der Waals surface area contributed by atoms with E-state index in [0.717, 1.165) is 29.5 Å². The Kier molecular flexibility index (Phi) is 13.6. The Hall–Kier alpha value is -0.830. The van der Waals surface area contributed by atoms with Crippen LogP contribution in [0.3, 0.4) is 0 Å². The smallest absolute Gasteiger partial charge is 0.253 e. The summed E-state index contributed by atoms with van der Waals surface area (Å²) in [6.07, 6.45) is 16.2. The number of hydrogen-bond donors (Lipinski definition) is 0. The van der Waals surface area contributed by atoms with Crippen LogP contribution in [-0.2, 0) is 0 Å². The van der Waals surface area contributed by atoms with Crippen LogP contribution in [0.15, 0.2) is 28.7 Å². The number of carbonyl (C=O) groups excluding carboxylic acids is 1. The molecule has 148 valence electrons. The molecule has 0 spiro atoms. The molecule has 0 saturated carbocycles. The van der Waals surface area contributed by atoms with E-state index in [1.165, 1.54) is 70.6 Å². The van der Waals surface area contributed by atoms with Gasteiger partial charge in [-0.15, -0.1) is 0 Å². The van der Waals surface area contributed by atoms with Crippen molar-refractivity contribution in [2.75, 3.05) is 13.1 Å². The minimum absolute atomic E-state index is 0.156. The fourth-order valence-electron chi connectivity index (χ4n) is 3.32. The first kappa shape index (κ1) is 23.2. The third-order valence-corrected chi connectivity index (χ3v) is 5.57. The van der Waals surface area contributed by atoms with Crippen molar-refractivity contribution >= 4 is 21.8 Å². The summed E-state index contributed by atoms with van der Waals surface area (Å²) in [5.74, 6) is 0.156. The minimum atomic E-state index is 0.156. The van der Waals surface area contributed by atoms with Crippen molar-refractivity contribution in [3.05, 3.63) is 34.3 Å². The highest BCUT2D eigenvalue weighted by molar-refractivity contribution is 9.10. The van der Waals surface area contributed by atoms with Crippen LogP contribution in [0.25, 0.3) is 0 Å². The Labute approximate surface area is 169 Å². The van der Waals surface area contributed by atoms with E-state index in [1.807, 2.05) is 29.2 Å². The molecule has 0 radical (unpaired) electrons. The predicted molar refractivity (Wildman–Crippen MR) is 117 cm³/mol. The standard InChI is InChI=1S/C23H38BrNO/c1-3-5-6-7-8-9-10-11-12-13-14-15-20-25(4-2)23(26)21-16-18-22(24)19-17-21/h16-19H,3-15,20H2,1-2H3. The van der Waals surface area contributed by atoms with Gasteiger partial charge in [-0.2, -0.15) is 0 Å². The summed E-state index contributed by atoms with van der Waals surface area (Å²) in [5, 5.41) is 0. The Morgan fingerprint density at radius 3 is 1.69 bits per heavy atom. The Bertz CT molecular complexity index is 472. The molecule has 0 aromatic heterocycles. The van der Waals surface area contributed by atoms with E-state index in [2.05, 4.69) is 29.8 Å². The third kappa shape index (κ3) is 10.4. The largest absolute Gasteiger partial charge is 0.339 e. The number of unbranched alkanes of at least 4 members (excludes halogenated alkanes) is 11. The molecule has 0 N–H and O–H groups in total. The van der Waals surface area contributed by atoms with Crippen molar-refractivity contribution in [3.63, 3.8) is 0 Å². The molecule has 0 unspecified atom stereocenters. The predicted octanol–water partition coefficient (Wildman–Crippen LogP) is 7.61. The lowest BCUT2D eigenvalue weighted by Crippen LogP contribution is -2.31. The van der Waals surface area contributed by atoms with Crippen LogP contribution in [0, 0.1) is 0 Å². The fourth-order valence-corrected chi connectivity index (χ4v) is 3.59. The van der Waals surface area contributed by atoms with Gasteiger partial charge >= 0.3 is 0 Å². The topological polar surface area (TPSA) is 20.3 Å². The highest BCUT2D eigenvalue weighted by Gasteiger charge is 2.13. The van der Waals surface area contributed by atoms with Crippen molar-refractivity contribution in [1.82, 2.24) is 4.90 Å². The summed E-state index contributed by atoms with van der Waals surface area (Å²) in [6, 6.07) is 7.67. The lowest BCUT2D eigenvalue weighted by atomic mass is 10.1. The number of nitrogens with zero attached hydrogens (tertiary/aromatic N) is 1. The summed E-state index contributed by atoms with van der Waals surface area (Å²) in [7, 11) is 0. The molecule has 1 amide bonds. The normalized spacial score (nSPS) is 10.9. The van der Waals surface area contributed by atoms with Gasteiger partial charge in [0.1, 0.15) is 0 Å². The van der Waals surface area contributed by atoms with Crippen molar-refractivity contribution in [3.8, 4) is 0 Å². The molecule has 0 aliphatic carbocycles.